The lowest BCUT2D eigenvalue weighted by atomic mass is 10.0. The summed E-state index contributed by atoms with van der Waals surface area (Å²) in [6.07, 6.45) is -4.59. The molecule has 0 spiro atoms. The van der Waals surface area contributed by atoms with Gasteiger partial charge in [-0.1, -0.05) is 0 Å². The molecule has 0 unspecified atom stereocenters. The third kappa shape index (κ3) is 2.20. The second-order valence-electron chi connectivity index (χ2n) is 3.04. The first kappa shape index (κ1) is 11.4. The third-order valence-electron chi connectivity index (χ3n) is 2.01. The van der Waals surface area contributed by atoms with E-state index in [9.17, 15) is 18.0 Å². The Kier molecular flexibility index (Phi) is 2.61. The summed E-state index contributed by atoms with van der Waals surface area (Å²) in [6, 6.07) is 1.30. The molecule has 0 saturated heterocycles. The van der Waals surface area contributed by atoms with Gasteiger partial charge in [0.15, 0.2) is 0 Å². The van der Waals surface area contributed by atoms with Gasteiger partial charge in [0.2, 0.25) is 0 Å². The minimum Gasteiger partial charge on any atom is -0.478 e. The van der Waals surface area contributed by atoms with E-state index in [1.54, 1.807) is 0 Å². The van der Waals surface area contributed by atoms with Gasteiger partial charge >= 0.3 is 12.1 Å². The van der Waals surface area contributed by atoms with E-state index < -0.39 is 23.3 Å². The van der Waals surface area contributed by atoms with E-state index in [1.165, 1.54) is 6.92 Å². The van der Waals surface area contributed by atoms with E-state index >= 15 is 0 Å². The highest BCUT2D eigenvalue weighted by molar-refractivity contribution is 5.91. The molecule has 1 rings (SSSR count). The maximum Gasteiger partial charge on any atom is 0.416 e. The minimum atomic E-state index is -4.59. The van der Waals surface area contributed by atoms with Gasteiger partial charge in [0, 0.05) is 5.69 Å². The fourth-order valence-electron chi connectivity index (χ4n) is 1.12. The van der Waals surface area contributed by atoms with E-state index in [1.807, 2.05) is 0 Å². The molecule has 1 aromatic carbocycles. The Morgan fingerprint density at radius 2 is 1.93 bits per heavy atom. The lowest BCUT2D eigenvalue weighted by Gasteiger charge is -2.11. The smallest absolute Gasteiger partial charge is 0.416 e. The molecule has 0 heterocycles. The fraction of sp³-hybridized carbons (Fsp3) is 0.222. The summed E-state index contributed by atoms with van der Waals surface area (Å²) in [5.74, 6) is -1.43. The average Bonchev–Trinajstić information content (AvgIpc) is 2.06. The van der Waals surface area contributed by atoms with Crippen molar-refractivity contribution in [1.82, 2.24) is 0 Å². The Morgan fingerprint density at radius 1 is 1.40 bits per heavy atom. The van der Waals surface area contributed by atoms with Crippen LogP contribution in [0.25, 0.3) is 0 Å². The Balaban J connectivity index is 3.43. The summed E-state index contributed by atoms with van der Waals surface area (Å²) in [5.41, 5.74) is 3.77. The summed E-state index contributed by atoms with van der Waals surface area (Å²) >= 11 is 0. The molecule has 0 radical (unpaired) electrons. The van der Waals surface area contributed by atoms with Gasteiger partial charge in [-0.05, 0) is 24.6 Å². The third-order valence-corrected chi connectivity index (χ3v) is 2.01. The number of hydrogen-bond donors (Lipinski definition) is 2. The summed E-state index contributed by atoms with van der Waals surface area (Å²) < 4.78 is 36.9. The summed E-state index contributed by atoms with van der Waals surface area (Å²) in [5, 5.41) is 8.66. The molecule has 0 aliphatic carbocycles. The van der Waals surface area contributed by atoms with Crippen molar-refractivity contribution in [2.24, 2.45) is 0 Å². The van der Waals surface area contributed by atoms with Gasteiger partial charge < -0.3 is 10.8 Å². The highest BCUT2D eigenvalue weighted by Gasteiger charge is 2.32. The molecule has 0 fully saturated rings. The fourth-order valence-corrected chi connectivity index (χ4v) is 1.12. The van der Waals surface area contributed by atoms with E-state index in [4.69, 9.17) is 10.8 Å². The molecule has 3 N–H and O–H groups in total. The number of rotatable bonds is 1. The van der Waals surface area contributed by atoms with Gasteiger partial charge in [-0.2, -0.15) is 13.2 Å². The van der Waals surface area contributed by atoms with Crippen molar-refractivity contribution in [1.29, 1.82) is 0 Å². The molecule has 0 aliphatic rings. The van der Waals surface area contributed by atoms with Crippen LogP contribution in [0.3, 0.4) is 0 Å². The van der Waals surface area contributed by atoms with Crippen LogP contribution in [-0.2, 0) is 6.18 Å². The van der Waals surface area contributed by atoms with Crippen LogP contribution in [0.4, 0.5) is 18.9 Å². The molecule has 0 amide bonds. The Hall–Kier alpha value is -1.72. The van der Waals surface area contributed by atoms with Crippen molar-refractivity contribution < 1.29 is 23.1 Å². The van der Waals surface area contributed by atoms with Crippen molar-refractivity contribution in [3.05, 3.63) is 28.8 Å². The van der Waals surface area contributed by atoms with Gasteiger partial charge in [0.1, 0.15) is 0 Å². The van der Waals surface area contributed by atoms with E-state index in [2.05, 4.69) is 0 Å². The molecule has 0 aliphatic heterocycles. The van der Waals surface area contributed by atoms with Crippen LogP contribution in [-0.4, -0.2) is 11.1 Å². The Bertz CT molecular complexity index is 413. The lowest BCUT2D eigenvalue weighted by molar-refractivity contribution is -0.137. The van der Waals surface area contributed by atoms with Gasteiger partial charge in [-0.3, -0.25) is 0 Å². The standard InChI is InChI=1S/C9H8F3NO2/c1-4-6(8(14)15)2-5(3-7(4)13)9(10,11)12/h2-3H,13H2,1H3,(H,14,15). The largest absolute Gasteiger partial charge is 0.478 e. The number of anilines is 1. The molecular formula is C9H8F3NO2. The topological polar surface area (TPSA) is 63.3 Å². The van der Waals surface area contributed by atoms with Crippen LogP contribution in [0.5, 0.6) is 0 Å². The Labute approximate surface area is 83.3 Å². The number of carboxylic acid groups (broad SMARTS) is 1. The molecule has 0 atom stereocenters. The van der Waals surface area contributed by atoms with Crippen LogP contribution < -0.4 is 5.73 Å². The maximum atomic E-state index is 12.3. The predicted octanol–water partition coefficient (Wildman–Crippen LogP) is 2.29. The summed E-state index contributed by atoms with van der Waals surface area (Å²) in [7, 11) is 0. The zero-order valence-electron chi connectivity index (χ0n) is 7.72. The van der Waals surface area contributed by atoms with Crippen LogP contribution in [0.2, 0.25) is 0 Å². The summed E-state index contributed by atoms with van der Waals surface area (Å²) in [4.78, 5) is 10.6. The molecule has 0 aromatic heterocycles. The molecule has 3 nitrogen and oxygen atoms in total. The number of carboxylic acids is 1. The number of alkyl halides is 3. The van der Waals surface area contributed by atoms with Crippen LogP contribution >= 0.6 is 0 Å². The lowest BCUT2D eigenvalue weighted by Crippen LogP contribution is -2.10. The number of halogens is 3. The monoisotopic (exact) mass is 219 g/mol. The highest BCUT2D eigenvalue weighted by atomic mass is 19.4. The number of aromatic carboxylic acids is 1. The van der Waals surface area contributed by atoms with Gasteiger partial charge in [-0.25, -0.2) is 4.79 Å². The minimum absolute atomic E-state index is 0.135. The van der Waals surface area contributed by atoms with Crippen molar-refractivity contribution in [3.63, 3.8) is 0 Å². The van der Waals surface area contributed by atoms with Crippen LogP contribution in [0.1, 0.15) is 21.5 Å². The van der Waals surface area contributed by atoms with Crippen molar-refractivity contribution >= 4 is 11.7 Å². The predicted molar refractivity (Wildman–Crippen MR) is 47.6 cm³/mol. The van der Waals surface area contributed by atoms with Crippen molar-refractivity contribution in [2.75, 3.05) is 5.73 Å². The second-order valence-corrected chi connectivity index (χ2v) is 3.04. The number of carbonyl (C=O) groups is 1. The number of nitrogens with two attached hydrogens (primary N) is 1. The molecular weight excluding hydrogens is 211 g/mol. The zero-order chi connectivity index (χ0) is 11.8. The SMILES string of the molecule is Cc1c(N)cc(C(F)(F)F)cc1C(=O)O. The van der Waals surface area contributed by atoms with Crippen molar-refractivity contribution in [3.8, 4) is 0 Å². The highest BCUT2D eigenvalue weighted by Crippen LogP contribution is 2.32. The first-order chi connectivity index (χ1) is 6.73. The molecule has 6 heteroatoms. The van der Waals surface area contributed by atoms with Gasteiger partial charge in [-0.15, -0.1) is 0 Å². The van der Waals surface area contributed by atoms with Crippen LogP contribution in [0.15, 0.2) is 12.1 Å². The summed E-state index contributed by atoms with van der Waals surface area (Å²) in [6.45, 7) is 1.36. The molecule has 15 heavy (non-hydrogen) atoms. The van der Waals surface area contributed by atoms with Gasteiger partial charge in [0.05, 0.1) is 11.1 Å². The number of benzene rings is 1. The van der Waals surface area contributed by atoms with E-state index in [0.717, 1.165) is 6.07 Å². The molecule has 0 saturated carbocycles. The normalized spacial score (nSPS) is 11.5. The average molecular weight is 219 g/mol. The maximum absolute atomic E-state index is 12.3. The first-order valence-electron chi connectivity index (χ1n) is 3.94. The van der Waals surface area contributed by atoms with E-state index in [-0.39, 0.29) is 11.3 Å². The molecule has 1 aromatic rings. The first-order valence-corrected chi connectivity index (χ1v) is 3.94. The van der Waals surface area contributed by atoms with Crippen molar-refractivity contribution in [2.45, 2.75) is 13.1 Å². The van der Waals surface area contributed by atoms with Gasteiger partial charge in [0.25, 0.3) is 0 Å². The number of hydrogen-bond acceptors (Lipinski definition) is 2. The second kappa shape index (κ2) is 3.45. The Morgan fingerprint density at radius 3 is 2.33 bits per heavy atom. The zero-order valence-corrected chi connectivity index (χ0v) is 7.72. The quantitative estimate of drug-likeness (QED) is 0.712. The van der Waals surface area contributed by atoms with E-state index in [0.29, 0.717) is 6.07 Å². The number of nitrogen functional groups attached to an aromatic ring is 1. The molecule has 0 bridgehead atoms. The molecule has 82 valence electrons. The van der Waals surface area contributed by atoms with Crippen LogP contribution in [0, 0.1) is 6.92 Å².